The van der Waals surface area contributed by atoms with E-state index in [0.717, 1.165) is 5.69 Å². The summed E-state index contributed by atoms with van der Waals surface area (Å²) in [6, 6.07) is 58.4. The lowest BCUT2D eigenvalue weighted by atomic mass is 9.70. The molecule has 1 aliphatic rings. The van der Waals surface area contributed by atoms with E-state index < -0.39 is 0 Å². The second-order valence-electron chi connectivity index (χ2n) is 15.1. The Kier molecular flexibility index (Phi) is 7.22. The molecule has 8 aromatic rings. The van der Waals surface area contributed by atoms with E-state index in [1.807, 2.05) is 0 Å². The van der Waals surface area contributed by atoms with Gasteiger partial charge < -0.3 is 4.90 Å². The number of benzene rings is 8. The van der Waals surface area contributed by atoms with Crippen LogP contribution in [0, 0.1) is 13.8 Å². The minimum Gasteiger partial charge on any atom is -0.310 e. The van der Waals surface area contributed by atoms with E-state index in [0.29, 0.717) is 0 Å². The minimum absolute atomic E-state index is 0.0398. The third kappa shape index (κ3) is 5.07. The molecule has 0 heterocycles. The van der Waals surface area contributed by atoms with Gasteiger partial charge >= 0.3 is 0 Å². The Labute approximate surface area is 301 Å². The predicted molar refractivity (Wildman–Crippen MR) is 220 cm³/mol. The van der Waals surface area contributed by atoms with Crippen LogP contribution in [-0.4, -0.2) is 0 Å². The van der Waals surface area contributed by atoms with E-state index in [-0.39, 0.29) is 5.41 Å². The molecule has 0 unspecified atom stereocenters. The summed E-state index contributed by atoms with van der Waals surface area (Å²) in [6.07, 6.45) is 0. The van der Waals surface area contributed by atoms with Gasteiger partial charge in [-0.05, 0) is 138 Å². The second-order valence-corrected chi connectivity index (χ2v) is 15.1. The van der Waals surface area contributed by atoms with Crippen LogP contribution in [0.3, 0.4) is 0 Å². The number of para-hydroxylation sites is 1. The summed E-state index contributed by atoms with van der Waals surface area (Å²) in [4.78, 5) is 2.46. The Hall–Kier alpha value is -5.92. The fraction of sp³-hybridized carbons (Fsp3) is 0.120. The number of rotatable bonds is 5. The molecule has 0 fully saturated rings. The minimum atomic E-state index is 0.0398. The first-order valence-corrected chi connectivity index (χ1v) is 18.0. The van der Waals surface area contributed by atoms with E-state index in [1.54, 1.807) is 0 Å². The highest BCUT2D eigenvalue weighted by molar-refractivity contribution is 6.26. The maximum Gasteiger partial charge on any atom is 0.0493 e. The van der Waals surface area contributed by atoms with Crippen molar-refractivity contribution in [2.45, 2.75) is 40.0 Å². The molecular weight excluding hydrogens is 615 g/mol. The standard InChI is InChI=1S/C50H41N/c1-32-16-12-15-23-44(32)51(45-31-38(50(3,4)5)26-24-33(45)2)39-27-25-36-29-42-43(30-37(36)28-39)49-47(35-19-10-7-11-20-35)41-22-14-13-21-40(41)46(48(42)49)34-17-8-6-9-18-34/h6-31H,1-5H3. The van der Waals surface area contributed by atoms with E-state index in [9.17, 15) is 0 Å². The highest BCUT2D eigenvalue weighted by Gasteiger charge is 2.33. The van der Waals surface area contributed by atoms with Gasteiger partial charge in [-0.15, -0.1) is 0 Å². The van der Waals surface area contributed by atoms with Crippen molar-refractivity contribution in [3.05, 3.63) is 174 Å². The third-order valence-electron chi connectivity index (χ3n) is 10.8. The molecule has 51 heavy (non-hydrogen) atoms. The zero-order valence-electron chi connectivity index (χ0n) is 30.0. The highest BCUT2D eigenvalue weighted by atomic mass is 15.1. The number of hydrogen-bond donors (Lipinski definition) is 0. The molecule has 0 aliphatic heterocycles. The van der Waals surface area contributed by atoms with Gasteiger partial charge in [0.25, 0.3) is 0 Å². The molecule has 0 N–H and O–H groups in total. The fourth-order valence-corrected chi connectivity index (χ4v) is 8.10. The van der Waals surface area contributed by atoms with Crippen LogP contribution in [0.5, 0.6) is 0 Å². The molecule has 0 saturated heterocycles. The lowest BCUT2D eigenvalue weighted by molar-refractivity contribution is 0.590. The molecule has 9 rings (SSSR count). The van der Waals surface area contributed by atoms with Crippen LogP contribution in [0.25, 0.3) is 66.1 Å². The summed E-state index contributed by atoms with van der Waals surface area (Å²) in [5.41, 5.74) is 18.0. The molecule has 8 aromatic carbocycles. The van der Waals surface area contributed by atoms with Crippen molar-refractivity contribution >= 4 is 38.6 Å². The molecule has 0 bridgehead atoms. The summed E-state index contributed by atoms with van der Waals surface area (Å²) in [7, 11) is 0. The average Bonchev–Trinajstić information content (AvgIpc) is 3.14. The van der Waals surface area contributed by atoms with Crippen LogP contribution >= 0.6 is 0 Å². The number of hydrogen-bond acceptors (Lipinski definition) is 1. The molecule has 1 heteroatoms. The van der Waals surface area contributed by atoms with Crippen LogP contribution in [0.1, 0.15) is 37.5 Å². The van der Waals surface area contributed by atoms with Crippen molar-refractivity contribution in [2.75, 3.05) is 4.90 Å². The van der Waals surface area contributed by atoms with E-state index in [1.165, 1.54) is 94.1 Å². The quantitative estimate of drug-likeness (QED) is 0.178. The Bertz CT molecular complexity index is 2620. The van der Waals surface area contributed by atoms with Crippen LogP contribution in [-0.2, 0) is 5.41 Å². The second kappa shape index (κ2) is 11.9. The van der Waals surface area contributed by atoms with Gasteiger partial charge in [0.15, 0.2) is 0 Å². The molecule has 0 aromatic heterocycles. The van der Waals surface area contributed by atoms with Gasteiger partial charge in [0, 0.05) is 17.1 Å². The first kappa shape index (κ1) is 31.1. The number of anilines is 3. The van der Waals surface area contributed by atoms with Gasteiger partial charge in [0.05, 0.1) is 0 Å². The van der Waals surface area contributed by atoms with E-state index in [2.05, 4.69) is 197 Å². The molecule has 246 valence electrons. The first-order valence-electron chi connectivity index (χ1n) is 18.0. The topological polar surface area (TPSA) is 3.24 Å². The van der Waals surface area contributed by atoms with Crippen LogP contribution in [0.15, 0.2) is 158 Å². The smallest absolute Gasteiger partial charge is 0.0493 e. The number of nitrogens with zero attached hydrogens (tertiary/aromatic N) is 1. The van der Waals surface area contributed by atoms with Crippen molar-refractivity contribution in [3.63, 3.8) is 0 Å². The lowest BCUT2D eigenvalue weighted by Gasteiger charge is -2.33. The zero-order valence-corrected chi connectivity index (χ0v) is 30.0. The maximum atomic E-state index is 2.46. The maximum absolute atomic E-state index is 2.46. The van der Waals surface area contributed by atoms with Crippen molar-refractivity contribution in [2.24, 2.45) is 0 Å². The SMILES string of the molecule is Cc1ccccc1N(c1ccc2cc3c(cc2c1)-c1c-3c(-c2ccccc2)c2ccccc2c1-c1ccccc1)c1cc(C(C)(C)C)ccc1C. The molecule has 0 spiro atoms. The van der Waals surface area contributed by atoms with Gasteiger partial charge in [0.1, 0.15) is 0 Å². The molecule has 0 atom stereocenters. The number of fused-ring (bicyclic) bond motifs is 6. The van der Waals surface area contributed by atoms with Crippen LogP contribution in [0.2, 0.25) is 0 Å². The Balaban J connectivity index is 1.29. The highest BCUT2D eigenvalue weighted by Crippen LogP contribution is 2.60. The molecule has 0 saturated carbocycles. The fourth-order valence-electron chi connectivity index (χ4n) is 8.10. The van der Waals surface area contributed by atoms with Crippen LogP contribution in [0.4, 0.5) is 17.1 Å². The molecular formula is C50H41N. The van der Waals surface area contributed by atoms with Gasteiger partial charge in [-0.2, -0.15) is 0 Å². The zero-order chi connectivity index (χ0) is 34.9. The average molecular weight is 656 g/mol. The molecule has 1 aliphatic carbocycles. The Morgan fingerprint density at radius 3 is 1.53 bits per heavy atom. The van der Waals surface area contributed by atoms with Gasteiger partial charge in [0.2, 0.25) is 0 Å². The number of aryl methyl sites for hydroxylation is 2. The normalized spacial score (nSPS) is 12.0. The predicted octanol–water partition coefficient (Wildman–Crippen LogP) is 14.4. The molecule has 1 nitrogen and oxygen atoms in total. The van der Waals surface area contributed by atoms with Gasteiger partial charge in [-0.3, -0.25) is 0 Å². The monoisotopic (exact) mass is 655 g/mol. The summed E-state index contributed by atoms with van der Waals surface area (Å²) in [5.74, 6) is 0. The Morgan fingerprint density at radius 1 is 0.412 bits per heavy atom. The Morgan fingerprint density at radius 2 is 0.941 bits per heavy atom. The first-order chi connectivity index (χ1) is 24.8. The summed E-state index contributed by atoms with van der Waals surface area (Å²) < 4.78 is 0. The van der Waals surface area contributed by atoms with Crippen LogP contribution < -0.4 is 4.90 Å². The molecule has 0 amide bonds. The summed E-state index contributed by atoms with van der Waals surface area (Å²) in [5, 5.41) is 5.08. The van der Waals surface area contributed by atoms with Crippen molar-refractivity contribution in [1.82, 2.24) is 0 Å². The van der Waals surface area contributed by atoms with Gasteiger partial charge in [-0.1, -0.05) is 142 Å². The van der Waals surface area contributed by atoms with Crippen molar-refractivity contribution in [1.29, 1.82) is 0 Å². The lowest BCUT2D eigenvalue weighted by Crippen LogP contribution is -2.16. The summed E-state index contributed by atoms with van der Waals surface area (Å²) in [6.45, 7) is 11.3. The third-order valence-corrected chi connectivity index (χ3v) is 10.8. The van der Waals surface area contributed by atoms with Crippen molar-refractivity contribution in [3.8, 4) is 44.5 Å². The largest absolute Gasteiger partial charge is 0.310 e. The molecule has 0 radical (unpaired) electrons. The van der Waals surface area contributed by atoms with E-state index >= 15 is 0 Å². The van der Waals surface area contributed by atoms with Gasteiger partial charge in [-0.25, -0.2) is 0 Å². The van der Waals surface area contributed by atoms with E-state index in [4.69, 9.17) is 0 Å². The summed E-state index contributed by atoms with van der Waals surface area (Å²) >= 11 is 0. The van der Waals surface area contributed by atoms with Crippen molar-refractivity contribution < 1.29 is 0 Å².